The van der Waals surface area contributed by atoms with E-state index in [-0.39, 0.29) is 5.76 Å². The van der Waals surface area contributed by atoms with Crippen molar-refractivity contribution >= 4 is 28.4 Å². The number of hydrogen-bond acceptors (Lipinski definition) is 4. The molecule has 2 aromatic carbocycles. The lowest BCUT2D eigenvalue weighted by atomic mass is 10.1. The van der Waals surface area contributed by atoms with Gasteiger partial charge < -0.3 is 10.0 Å². The second-order valence-electron chi connectivity index (χ2n) is 7.43. The molecular formula is C24H25N3OS. The smallest absolute Gasteiger partial charge is 0.139 e. The molecule has 0 bridgehead atoms. The second-order valence-corrected chi connectivity index (χ2v) is 8.29. The highest BCUT2D eigenvalue weighted by atomic mass is 32.1. The quantitative estimate of drug-likeness (QED) is 0.513. The molecule has 0 saturated heterocycles. The molecule has 4 rings (SSSR count). The maximum Gasteiger partial charge on any atom is 0.139 e. The van der Waals surface area contributed by atoms with Crippen molar-refractivity contribution in [3.05, 3.63) is 75.8 Å². The van der Waals surface area contributed by atoms with E-state index in [0.29, 0.717) is 23.0 Å². The summed E-state index contributed by atoms with van der Waals surface area (Å²) < 4.78 is 0. The Morgan fingerprint density at radius 2 is 1.83 bits per heavy atom. The molecule has 0 fully saturated rings. The summed E-state index contributed by atoms with van der Waals surface area (Å²) in [6.45, 7) is 4.56. The number of aliphatic hydroxyl groups is 1. The normalized spacial score (nSPS) is 14.1. The van der Waals surface area contributed by atoms with Crippen molar-refractivity contribution in [3.8, 4) is 11.3 Å². The van der Waals surface area contributed by atoms with Crippen LogP contribution in [0, 0.1) is 12.3 Å². The molecule has 2 N–H and O–H groups in total. The molecule has 29 heavy (non-hydrogen) atoms. The fraction of sp³-hybridized carbons (Fsp3) is 0.250. The molecule has 0 atom stereocenters. The van der Waals surface area contributed by atoms with Gasteiger partial charge in [-0.2, -0.15) is 0 Å². The number of aliphatic hydroxyl groups excluding tert-OH is 1. The van der Waals surface area contributed by atoms with Gasteiger partial charge in [-0.05, 0) is 37.5 Å². The van der Waals surface area contributed by atoms with Crippen LogP contribution < -0.4 is 4.90 Å². The highest BCUT2D eigenvalue weighted by Crippen LogP contribution is 2.34. The van der Waals surface area contributed by atoms with Crippen LogP contribution in [0.15, 0.2) is 59.7 Å². The number of aromatic nitrogens is 1. The predicted molar refractivity (Wildman–Crippen MR) is 122 cm³/mol. The number of rotatable bonds is 6. The van der Waals surface area contributed by atoms with Crippen LogP contribution in [0.4, 0.5) is 5.69 Å². The first-order valence-corrected chi connectivity index (χ1v) is 10.8. The van der Waals surface area contributed by atoms with Crippen molar-refractivity contribution < 1.29 is 5.11 Å². The van der Waals surface area contributed by atoms with Gasteiger partial charge in [-0.1, -0.05) is 55.3 Å². The van der Waals surface area contributed by atoms with Crippen LogP contribution in [0.1, 0.15) is 35.9 Å². The third-order valence-corrected chi connectivity index (χ3v) is 6.10. The molecule has 1 aliphatic heterocycles. The van der Waals surface area contributed by atoms with Crippen LogP contribution in [-0.2, 0) is 6.42 Å². The number of nitrogens with zero attached hydrogens (tertiary/aromatic N) is 2. The van der Waals surface area contributed by atoms with Crippen LogP contribution in [0.2, 0.25) is 0 Å². The van der Waals surface area contributed by atoms with Gasteiger partial charge >= 0.3 is 0 Å². The molecule has 2 heterocycles. The van der Waals surface area contributed by atoms with E-state index < -0.39 is 0 Å². The van der Waals surface area contributed by atoms with Gasteiger partial charge in [0, 0.05) is 16.6 Å². The molecule has 1 aromatic heterocycles. The van der Waals surface area contributed by atoms with Crippen molar-refractivity contribution in [2.24, 2.45) is 0 Å². The second kappa shape index (κ2) is 8.21. The number of nitrogens with one attached hydrogen (secondary N) is 1. The fourth-order valence-corrected chi connectivity index (χ4v) is 4.39. The zero-order valence-electron chi connectivity index (χ0n) is 16.8. The average molecular weight is 404 g/mol. The lowest BCUT2D eigenvalue weighted by Crippen LogP contribution is -2.25. The molecule has 0 aliphatic carbocycles. The minimum atomic E-state index is 0.204. The molecule has 0 unspecified atom stereocenters. The highest BCUT2D eigenvalue weighted by molar-refractivity contribution is 7.11. The predicted octanol–water partition coefficient (Wildman–Crippen LogP) is 6.23. The summed E-state index contributed by atoms with van der Waals surface area (Å²) in [7, 11) is 0. The van der Waals surface area contributed by atoms with Gasteiger partial charge in [0.05, 0.1) is 17.8 Å². The molecule has 0 saturated carbocycles. The van der Waals surface area contributed by atoms with Crippen LogP contribution in [-0.4, -0.2) is 22.5 Å². The van der Waals surface area contributed by atoms with E-state index >= 15 is 0 Å². The van der Waals surface area contributed by atoms with Gasteiger partial charge in [0.1, 0.15) is 16.6 Å². The zero-order valence-corrected chi connectivity index (χ0v) is 17.6. The molecule has 5 heteroatoms. The number of hydrogen-bond donors (Lipinski definition) is 2. The van der Waals surface area contributed by atoms with E-state index in [1.54, 1.807) is 0 Å². The summed E-state index contributed by atoms with van der Waals surface area (Å²) in [5.74, 6) is 0.503. The van der Waals surface area contributed by atoms with Crippen LogP contribution in [0.5, 0.6) is 0 Å². The largest absolute Gasteiger partial charge is 0.510 e. The molecule has 148 valence electrons. The third kappa shape index (κ3) is 3.96. The summed E-state index contributed by atoms with van der Waals surface area (Å²) in [6.07, 6.45) is 3.43. The molecule has 0 amide bonds. The molecule has 3 aromatic rings. The third-order valence-electron chi connectivity index (χ3n) is 5.24. The monoisotopic (exact) mass is 403 g/mol. The Hall–Kier alpha value is -2.92. The van der Waals surface area contributed by atoms with Gasteiger partial charge in [-0.25, -0.2) is 4.98 Å². The first kappa shape index (κ1) is 19.4. The van der Waals surface area contributed by atoms with E-state index in [0.717, 1.165) is 23.4 Å². The number of amidine groups is 1. The highest BCUT2D eigenvalue weighted by Gasteiger charge is 2.31. The standard InChI is InChI=1S/C24H25N3OS/c1-3-4-5-17-8-12-19(13-9-17)27-14-21(28)22(23(27)25)24-26-20(15-29-24)18-10-6-16(2)7-11-18/h6-13,15,25,28H,3-5,14H2,1-2H3. The molecule has 0 radical (unpaired) electrons. The first-order valence-electron chi connectivity index (χ1n) is 9.97. The summed E-state index contributed by atoms with van der Waals surface area (Å²) in [5, 5.41) is 21.9. The van der Waals surface area contributed by atoms with Gasteiger partial charge in [0.2, 0.25) is 0 Å². The number of aryl methyl sites for hydroxylation is 2. The number of anilines is 1. The molecule has 1 aliphatic rings. The Labute approximate surface area is 175 Å². The lowest BCUT2D eigenvalue weighted by Gasteiger charge is -2.19. The van der Waals surface area contributed by atoms with E-state index in [1.807, 2.05) is 22.4 Å². The Bertz CT molecular complexity index is 1050. The van der Waals surface area contributed by atoms with Crippen molar-refractivity contribution in [3.63, 3.8) is 0 Å². The Morgan fingerprint density at radius 1 is 1.10 bits per heavy atom. The summed E-state index contributed by atoms with van der Waals surface area (Å²) in [6, 6.07) is 16.5. The number of unbranched alkanes of at least 4 members (excludes halogenated alkanes) is 1. The Kier molecular flexibility index (Phi) is 5.49. The Balaban J connectivity index is 1.54. The lowest BCUT2D eigenvalue weighted by molar-refractivity contribution is 0.411. The zero-order chi connectivity index (χ0) is 20.4. The first-order chi connectivity index (χ1) is 14.1. The molecule has 4 nitrogen and oxygen atoms in total. The van der Waals surface area contributed by atoms with Crippen LogP contribution >= 0.6 is 11.3 Å². The minimum Gasteiger partial charge on any atom is -0.510 e. The van der Waals surface area contributed by atoms with E-state index in [9.17, 15) is 5.11 Å². The van der Waals surface area contributed by atoms with Crippen molar-refractivity contribution in [1.82, 2.24) is 4.98 Å². The van der Waals surface area contributed by atoms with Gasteiger partial charge in [0.15, 0.2) is 0 Å². The van der Waals surface area contributed by atoms with E-state index in [1.165, 1.54) is 35.3 Å². The van der Waals surface area contributed by atoms with Gasteiger partial charge in [-0.3, -0.25) is 5.41 Å². The van der Waals surface area contributed by atoms with E-state index in [4.69, 9.17) is 10.4 Å². The fourth-order valence-electron chi connectivity index (χ4n) is 3.49. The van der Waals surface area contributed by atoms with Crippen molar-refractivity contribution in [1.29, 1.82) is 5.41 Å². The van der Waals surface area contributed by atoms with Crippen molar-refractivity contribution in [2.75, 3.05) is 11.4 Å². The summed E-state index contributed by atoms with van der Waals surface area (Å²) in [4.78, 5) is 6.54. The minimum absolute atomic E-state index is 0.204. The number of thiazole rings is 1. The maximum absolute atomic E-state index is 10.6. The topological polar surface area (TPSA) is 60.2 Å². The van der Waals surface area contributed by atoms with Gasteiger partial charge in [0.25, 0.3) is 0 Å². The SMILES string of the molecule is CCCCc1ccc(N2CC(O)=C(c3nc(-c4ccc(C)cc4)cs3)C2=N)cc1. The number of benzene rings is 2. The van der Waals surface area contributed by atoms with E-state index in [2.05, 4.69) is 50.2 Å². The molecule has 0 spiro atoms. The van der Waals surface area contributed by atoms with Crippen LogP contribution in [0.3, 0.4) is 0 Å². The molecular weight excluding hydrogens is 378 g/mol. The van der Waals surface area contributed by atoms with Crippen molar-refractivity contribution in [2.45, 2.75) is 33.1 Å². The average Bonchev–Trinajstić information content (AvgIpc) is 3.31. The van der Waals surface area contributed by atoms with Crippen LogP contribution in [0.25, 0.3) is 16.8 Å². The van der Waals surface area contributed by atoms with Gasteiger partial charge in [-0.15, -0.1) is 11.3 Å². The Morgan fingerprint density at radius 3 is 2.52 bits per heavy atom. The summed E-state index contributed by atoms with van der Waals surface area (Å²) in [5.41, 5.74) is 5.88. The maximum atomic E-state index is 10.6. The summed E-state index contributed by atoms with van der Waals surface area (Å²) >= 11 is 1.47.